The predicted molar refractivity (Wildman–Crippen MR) is 331 cm³/mol. The van der Waals surface area contributed by atoms with Crippen molar-refractivity contribution in [2.24, 2.45) is 23.5 Å². The molecule has 14 nitrogen and oxygen atoms in total. The monoisotopic (exact) mass is 1190 g/mol. The van der Waals surface area contributed by atoms with Crippen LogP contribution >= 0.6 is 0 Å². The number of urea groups is 2. The summed E-state index contributed by atoms with van der Waals surface area (Å²) in [5, 5.41) is 37.5. The molecule has 12 heterocycles. The number of carbonyl (C=O) groups is 2. The van der Waals surface area contributed by atoms with E-state index in [9.17, 15) is 33.3 Å². The first-order valence-electron chi connectivity index (χ1n) is 31.5. The molecule has 17 heteroatoms. The lowest BCUT2D eigenvalue weighted by molar-refractivity contribution is 0.0714. The fourth-order valence-corrected chi connectivity index (χ4v) is 15.2. The summed E-state index contributed by atoms with van der Waals surface area (Å²) in [7, 11) is 0. The van der Waals surface area contributed by atoms with Crippen molar-refractivity contribution in [2.45, 2.75) is 94.0 Å². The fourth-order valence-electron chi connectivity index (χ4n) is 15.2. The van der Waals surface area contributed by atoms with Crippen molar-refractivity contribution in [2.75, 3.05) is 78.5 Å². The summed E-state index contributed by atoms with van der Waals surface area (Å²) >= 11 is 0. The molecule has 6 atom stereocenters. The molecule has 0 aliphatic carbocycles. The van der Waals surface area contributed by atoms with Crippen LogP contribution in [0.2, 0.25) is 0 Å². The highest BCUT2D eigenvalue weighted by Crippen LogP contribution is 2.39. The van der Waals surface area contributed by atoms with Crippen LogP contribution in [-0.4, -0.2) is 133 Å². The smallest absolute Gasteiger partial charge is 0.318 e. The molecule has 0 aromatic heterocycles. The summed E-state index contributed by atoms with van der Waals surface area (Å²) in [6.45, 7) is 12.1. The average Bonchev–Trinajstić information content (AvgIpc) is 2.03. The third-order valence-electron chi connectivity index (χ3n) is 20.1. The largest absolute Gasteiger partial charge is 0.334 e. The number of halogens is 3. The van der Waals surface area contributed by atoms with Crippen LogP contribution in [0.5, 0.6) is 0 Å². The number of nitrogens with zero attached hydrogens (tertiary/aromatic N) is 8. The van der Waals surface area contributed by atoms with Gasteiger partial charge < -0.3 is 46.2 Å². The van der Waals surface area contributed by atoms with Crippen LogP contribution in [0.15, 0.2) is 127 Å². The van der Waals surface area contributed by atoms with E-state index in [-0.39, 0.29) is 59.7 Å². The Morgan fingerprint density at radius 1 is 0.455 bits per heavy atom. The van der Waals surface area contributed by atoms with Crippen LogP contribution in [0, 0.1) is 69.2 Å². The van der Waals surface area contributed by atoms with Crippen molar-refractivity contribution in [3.8, 4) is 18.2 Å². The highest BCUT2D eigenvalue weighted by molar-refractivity contribution is 5.77. The zero-order chi connectivity index (χ0) is 60.8. The standard InChI is InChI=1S/2C24H25FN4O.C16H13FN2.C7H14N2/c2*25-20-4-2-18(3-5-20)23-21-6-1-16(14-26)13-19(21)9-12-29(23)24(30)27-22-15-28-10-7-17(22)8-11-28;17-14-4-2-12(3-5-14)16-15-6-1-11(10-18)9-13(15)7-8-19-16;8-7-5-9-3-1-6(7)2-4-9/h2*1-6,13,17,22-23H,7-12,15H2,(H,27,30);1-6,9,16,19H,7-8H2;6-7H,1-5,8H2/t22-,23+;22-,23-;;7-/m11.1/s1. The van der Waals surface area contributed by atoms with Crippen LogP contribution in [-0.2, 0) is 19.3 Å². The van der Waals surface area contributed by atoms with Gasteiger partial charge in [-0.15, -0.1) is 0 Å². The zero-order valence-corrected chi connectivity index (χ0v) is 49.8. The molecule has 6 aromatic rings. The van der Waals surface area contributed by atoms with E-state index in [0.29, 0.717) is 60.5 Å². The van der Waals surface area contributed by atoms with Crippen molar-refractivity contribution >= 4 is 12.1 Å². The third kappa shape index (κ3) is 13.5. The van der Waals surface area contributed by atoms with Crippen LogP contribution < -0.4 is 21.7 Å². The van der Waals surface area contributed by atoms with Gasteiger partial charge in [0.25, 0.3) is 0 Å². The molecule has 18 rings (SSSR count). The van der Waals surface area contributed by atoms with E-state index in [1.807, 2.05) is 52.3 Å². The molecular weight excluding hydrogens is 1110 g/mol. The Kier molecular flexibility index (Phi) is 18.6. The maximum absolute atomic E-state index is 13.6. The molecule has 0 saturated carbocycles. The highest BCUT2D eigenvalue weighted by Gasteiger charge is 2.41. The minimum Gasteiger partial charge on any atom is -0.334 e. The molecular formula is C71H77F3N12O2. The van der Waals surface area contributed by atoms with Gasteiger partial charge >= 0.3 is 12.1 Å². The molecule has 6 bridgehead atoms. The topological polar surface area (TPSA) is 184 Å². The van der Waals surface area contributed by atoms with Gasteiger partial charge in [0.1, 0.15) is 17.5 Å². The summed E-state index contributed by atoms with van der Waals surface area (Å²) in [6, 6.07) is 43.2. The molecule has 1 unspecified atom stereocenters. The van der Waals surface area contributed by atoms with Gasteiger partial charge in [-0.25, -0.2) is 22.8 Å². The molecule has 6 aromatic carbocycles. The molecule has 9 saturated heterocycles. The van der Waals surface area contributed by atoms with Crippen LogP contribution in [0.1, 0.15) is 123 Å². The first-order chi connectivity index (χ1) is 42.9. The van der Waals surface area contributed by atoms with E-state index in [1.54, 1.807) is 48.5 Å². The van der Waals surface area contributed by atoms with E-state index < -0.39 is 0 Å². The maximum atomic E-state index is 13.6. The molecule has 0 spiro atoms. The van der Waals surface area contributed by atoms with Gasteiger partial charge in [-0.1, -0.05) is 54.6 Å². The van der Waals surface area contributed by atoms with Gasteiger partial charge in [0.05, 0.1) is 53.0 Å². The second-order valence-electron chi connectivity index (χ2n) is 25.2. The Morgan fingerprint density at radius 2 is 0.818 bits per heavy atom. The lowest BCUT2D eigenvalue weighted by Gasteiger charge is -2.46. The summed E-state index contributed by atoms with van der Waals surface area (Å²) < 4.78 is 40.1. The van der Waals surface area contributed by atoms with Crippen molar-refractivity contribution in [3.63, 3.8) is 0 Å². The summed E-state index contributed by atoms with van der Waals surface area (Å²) in [6.07, 6.45) is 9.60. The number of benzene rings is 6. The first kappa shape index (κ1) is 60.2. The van der Waals surface area contributed by atoms with Crippen LogP contribution in [0.25, 0.3) is 0 Å². The number of nitrogens with one attached hydrogen (secondary N) is 3. The van der Waals surface area contributed by atoms with Gasteiger partial charge in [-0.05, 0) is 238 Å². The van der Waals surface area contributed by atoms with E-state index in [1.165, 1.54) is 73.5 Å². The lowest BCUT2D eigenvalue weighted by Crippen LogP contribution is -2.59. The number of nitrogens with two attached hydrogens (primary N) is 1. The Hall–Kier alpha value is -8.08. The van der Waals surface area contributed by atoms with Crippen LogP contribution in [0.4, 0.5) is 22.8 Å². The molecule has 4 amide bonds. The Labute approximate surface area is 514 Å². The molecule has 0 radical (unpaired) electrons. The van der Waals surface area contributed by atoms with E-state index in [4.69, 9.17) is 11.0 Å². The quantitative estimate of drug-likeness (QED) is 0.130. The van der Waals surface area contributed by atoms with Gasteiger partial charge in [0.2, 0.25) is 0 Å². The van der Waals surface area contributed by atoms with Gasteiger partial charge in [0.15, 0.2) is 0 Å². The molecule has 88 heavy (non-hydrogen) atoms. The second kappa shape index (κ2) is 27.1. The second-order valence-corrected chi connectivity index (χ2v) is 25.2. The number of nitriles is 3. The number of carbonyl (C=O) groups excluding carboxylic acids is 2. The third-order valence-corrected chi connectivity index (χ3v) is 20.1. The SMILES string of the molecule is N#Cc1ccc2c(c1)CCN(C(=O)N[C@@H]1CN3CCC1CC3)[C@@H]2c1ccc(F)cc1.N#Cc1ccc2c(c1)CCN(C(=O)N[C@@H]1CN3CCC1CC3)[C@H]2c1ccc(F)cc1.N#Cc1ccc2c(c1)CCNC2c1ccc(F)cc1.N[C@@H]1CN2CCC1CC2. The maximum Gasteiger partial charge on any atom is 0.318 e. The zero-order valence-electron chi connectivity index (χ0n) is 49.8. The summed E-state index contributed by atoms with van der Waals surface area (Å²) in [4.78, 5) is 37.9. The molecule has 12 aliphatic heterocycles. The summed E-state index contributed by atoms with van der Waals surface area (Å²) in [5.74, 6) is 1.15. The minimum atomic E-state index is -0.294. The average molecular weight is 1190 g/mol. The molecule has 5 N–H and O–H groups in total. The van der Waals surface area contributed by atoms with E-state index >= 15 is 0 Å². The van der Waals surface area contributed by atoms with E-state index in [2.05, 4.69) is 48.9 Å². The Balaban J connectivity index is 0.000000122. The summed E-state index contributed by atoms with van der Waals surface area (Å²) in [5.41, 5.74) is 17.2. The Morgan fingerprint density at radius 3 is 1.16 bits per heavy atom. The number of hydrogen-bond acceptors (Lipinski definition) is 10. The van der Waals surface area contributed by atoms with Crippen molar-refractivity contribution in [3.05, 3.63) is 212 Å². The highest BCUT2D eigenvalue weighted by atomic mass is 19.1. The first-order valence-corrected chi connectivity index (χ1v) is 31.5. The Bertz CT molecular complexity index is 3420. The lowest BCUT2D eigenvalue weighted by atomic mass is 9.84. The number of rotatable bonds is 5. The molecule has 12 aliphatic rings. The van der Waals surface area contributed by atoms with E-state index in [0.717, 1.165) is 129 Å². The van der Waals surface area contributed by atoms with Gasteiger partial charge in [-0.3, -0.25) is 0 Å². The number of fused-ring (bicyclic) bond motifs is 12. The predicted octanol–water partition coefficient (Wildman–Crippen LogP) is 9.87. The van der Waals surface area contributed by atoms with Crippen molar-refractivity contribution in [1.82, 2.24) is 40.4 Å². The number of hydrogen-bond donors (Lipinski definition) is 4. The van der Waals surface area contributed by atoms with Crippen LogP contribution in [0.3, 0.4) is 0 Å². The number of amides is 4. The van der Waals surface area contributed by atoms with Gasteiger partial charge in [0, 0.05) is 57.4 Å². The minimum absolute atomic E-state index is 0.0573. The molecule has 454 valence electrons. The van der Waals surface area contributed by atoms with Crippen molar-refractivity contribution in [1.29, 1.82) is 15.8 Å². The fraction of sp³-hybridized carbons (Fsp3) is 0.423. The van der Waals surface area contributed by atoms with Crippen molar-refractivity contribution < 1.29 is 22.8 Å². The normalized spacial score (nSPS) is 27.5. The number of piperidine rings is 9. The molecule has 9 fully saturated rings. The van der Waals surface area contributed by atoms with Gasteiger partial charge in [-0.2, -0.15) is 15.8 Å².